The molecule has 9 rings (SSSR count). The maximum absolute atomic E-state index is 4.81. The van der Waals surface area contributed by atoms with Crippen LogP contribution in [-0.2, 0) is 0 Å². The Balaban J connectivity index is 1.00. The van der Waals surface area contributed by atoms with Gasteiger partial charge in [-0.3, -0.25) is 9.98 Å². The van der Waals surface area contributed by atoms with E-state index in [2.05, 4.69) is 162 Å². The van der Waals surface area contributed by atoms with Gasteiger partial charge in [0.1, 0.15) is 0 Å². The van der Waals surface area contributed by atoms with Gasteiger partial charge in [0, 0.05) is 75.3 Å². The topological polar surface area (TPSA) is 35.1 Å². The number of dihydropyridines is 1. The van der Waals surface area contributed by atoms with E-state index in [1.54, 1.807) is 0 Å². The van der Waals surface area contributed by atoms with Crippen molar-refractivity contribution < 1.29 is 0 Å². The number of rotatable bonds is 7. The number of para-hydroxylation sites is 1. The minimum absolute atomic E-state index is 0.165. The molecule has 0 radical (unpaired) electrons. The van der Waals surface area contributed by atoms with E-state index in [4.69, 9.17) is 4.99 Å². The average Bonchev–Trinajstić information content (AvgIpc) is 3.69. The fraction of sp³-hybridized carbons (Fsp3) is 0.0833. The summed E-state index contributed by atoms with van der Waals surface area (Å²) in [5, 5.41) is 3.74. The molecule has 0 spiro atoms. The summed E-state index contributed by atoms with van der Waals surface area (Å²) < 4.78 is 4.63. The molecular formula is C48H38N4. The van der Waals surface area contributed by atoms with Gasteiger partial charge in [0.15, 0.2) is 0 Å². The number of fused-ring (bicyclic) bond motifs is 4. The van der Waals surface area contributed by atoms with Gasteiger partial charge in [-0.25, -0.2) is 0 Å². The third-order valence-electron chi connectivity index (χ3n) is 10.4. The summed E-state index contributed by atoms with van der Waals surface area (Å²) >= 11 is 0. The second-order valence-electron chi connectivity index (χ2n) is 13.8. The van der Waals surface area contributed by atoms with Crippen LogP contribution < -0.4 is 0 Å². The molecule has 3 aromatic heterocycles. The summed E-state index contributed by atoms with van der Waals surface area (Å²) in [5.41, 5.74) is 16.0. The molecule has 0 amide bonds. The number of aryl methyl sites for hydroxylation is 2. The Bertz CT molecular complexity index is 2750. The summed E-state index contributed by atoms with van der Waals surface area (Å²) in [7, 11) is 0. The van der Waals surface area contributed by atoms with Crippen molar-refractivity contribution in [2.24, 2.45) is 4.99 Å². The first-order valence-corrected chi connectivity index (χ1v) is 17.8. The lowest BCUT2D eigenvalue weighted by atomic mass is 9.92. The smallest absolute Gasteiger partial charge is 0.0541 e. The first-order valence-electron chi connectivity index (χ1n) is 17.8. The molecular weight excluding hydrogens is 633 g/mol. The molecule has 0 fully saturated rings. The van der Waals surface area contributed by atoms with Crippen molar-refractivity contribution in [3.8, 4) is 22.5 Å². The molecule has 0 aliphatic carbocycles. The van der Waals surface area contributed by atoms with Gasteiger partial charge in [0.05, 0.1) is 22.2 Å². The van der Waals surface area contributed by atoms with Crippen LogP contribution in [0.5, 0.6) is 0 Å². The Labute approximate surface area is 304 Å². The monoisotopic (exact) mass is 670 g/mol. The molecule has 1 aliphatic rings. The number of aliphatic imine (C=N–C) groups is 1. The van der Waals surface area contributed by atoms with E-state index in [-0.39, 0.29) is 5.92 Å². The van der Waals surface area contributed by atoms with Crippen LogP contribution in [0.3, 0.4) is 0 Å². The van der Waals surface area contributed by atoms with Crippen molar-refractivity contribution in [1.82, 2.24) is 14.1 Å². The van der Waals surface area contributed by atoms with Crippen LogP contribution in [0.1, 0.15) is 39.4 Å². The van der Waals surface area contributed by atoms with Crippen molar-refractivity contribution in [1.29, 1.82) is 0 Å². The van der Waals surface area contributed by atoms with Gasteiger partial charge in [0.2, 0.25) is 0 Å². The molecule has 5 aromatic carbocycles. The second kappa shape index (κ2) is 12.7. The van der Waals surface area contributed by atoms with Crippen LogP contribution in [0.2, 0.25) is 0 Å². The van der Waals surface area contributed by atoms with Gasteiger partial charge in [-0.05, 0) is 97.3 Å². The highest BCUT2D eigenvalue weighted by Gasteiger charge is 2.18. The van der Waals surface area contributed by atoms with E-state index in [0.717, 1.165) is 50.4 Å². The fourth-order valence-electron chi connectivity index (χ4n) is 7.89. The molecule has 0 bridgehead atoms. The Morgan fingerprint density at radius 2 is 1.27 bits per heavy atom. The fourth-order valence-corrected chi connectivity index (χ4v) is 7.89. The molecule has 4 nitrogen and oxygen atoms in total. The van der Waals surface area contributed by atoms with Gasteiger partial charge < -0.3 is 9.13 Å². The Kier molecular flexibility index (Phi) is 7.66. The SMILES string of the molecule is C=Cc1c(C=C)n(-c2ccc(C3C=C(c4cncc(-c5ccc(-n6c7ccccc7c7cc(C)ccc76)cc5)c4)C=NC3)cc2)c2ccc(C)cc12. The minimum Gasteiger partial charge on any atom is -0.309 e. The molecule has 0 saturated carbocycles. The van der Waals surface area contributed by atoms with E-state index in [1.807, 2.05) is 30.8 Å². The predicted octanol–water partition coefficient (Wildman–Crippen LogP) is 11.9. The van der Waals surface area contributed by atoms with Crippen LogP contribution in [0.15, 0.2) is 152 Å². The summed E-state index contributed by atoms with van der Waals surface area (Å²) in [4.78, 5) is 9.48. The van der Waals surface area contributed by atoms with Gasteiger partial charge in [-0.2, -0.15) is 0 Å². The van der Waals surface area contributed by atoms with Gasteiger partial charge in [-0.15, -0.1) is 0 Å². The van der Waals surface area contributed by atoms with Crippen LogP contribution >= 0.6 is 0 Å². The largest absolute Gasteiger partial charge is 0.309 e. The molecule has 0 saturated heterocycles. The number of hydrogen-bond donors (Lipinski definition) is 0. The highest BCUT2D eigenvalue weighted by atomic mass is 15.0. The summed E-state index contributed by atoms with van der Waals surface area (Å²) in [6.07, 6.45) is 12.1. The number of hydrogen-bond acceptors (Lipinski definition) is 2. The number of aromatic nitrogens is 3. The molecule has 250 valence electrons. The lowest BCUT2D eigenvalue weighted by Crippen LogP contribution is -2.07. The molecule has 1 aliphatic heterocycles. The molecule has 8 aromatic rings. The molecule has 0 N–H and O–H groups in total. The van der Waals surface area contributed by atoms with E-state index in [0.29, 0.717) is 6.54 Å². The van der Waals surface area contributed by atoms with Gasteiger partial charge in [-0.1, -0.05) is 91.0 Å². The first kappa shape index (κ1) is 31.5. The van der Waals surface area contributed by atoms with Crippen molar-refractivity contribution in [2.75, 3.05) is 6.54 Å². The lowest BCUT2D eigenvalue weighted by molar-refractivity contribution is 0.847. The van der Waals surface area contributed by atoms with E-state index < -0.39 is 0 Å². The van der Waals surface area contributed by atoms with E-state index >= 15 is 0 Å². The van der Waals surface area contributed by atoms with Crippen molar-refractivity contribution in [3.05, 3.63) is 180 Å². The normalized spacial score (nSPS) is 14.3. The summed E-state index contributed by atoms with van der Waals surface area (Å²) in [6, 6.07) is 41.8. The zero-order valence-electron chi connectivity index (χ0n) is 29.4. The molecule has 4 heteroatoms. The lowest BCUT2D eigenvalue weighted by Gasteiger charge is -2.18. The quantitative estimate of drug-likeness (QED) is 0.166. The highest BCUT2D eigenvalue weighted by molar-refractivity contribution is 6.11. The maximum Gasteiger partial charge on any atom is 0.0541 e. The second-order valence-corrected chi connectivity index (χ2v) is 13.8. The predicted molar refractivity (Wildman–Crippen MR) is 221 cm³/mol. The minimum atomic E-state index is 0.165. The summed E-state index contributed by atoms with van der Waals surface area (Å²) in [5.74, 6) is 0.165. The zero-order valence-corrected chi connectivity index (χ0v) is 29.4. The third-order valence-corrected chi connectivity index (χ3v) is 10.4. The standard InChI is InChI=1S/C48H38N4/c1-5-41-43-23-31(3)11-21-47(43)51(45(41)6-2)39-17-13-33(14-18-39)35-25-37(29-49-27-35)38-26-36(28-50-30-38)34-15-19-40(20-16-34)52-46-10-8-7-9-42(46)44-24-32(4)12-22-48(44)52/h5-26,28-30,35H,1-2,27H2,3-4H3. The van der Waals surface area contributed by atoms with Crippen LogP contribution in [0.25, 0.3) is 72.9 Å². The van der Waals surface area contributed by atoms with Crippen LogP contribution in [0, 0.1) is 13.8 Å². The van der Waals surface area contributed by atoms with Crippen LogP contribution in [-0.4, -0.2) is 26.9 Å². The van der Waals surface area contributed by atoms with Crippen molar-refractivity contribution in [2.45, 2.75) is 19.8 Å². The molecule has 52 heavy (non-hydrogen) atoms. The maximum atomic E-state index is 4.81. The molecule has 1 unspecified atom stereocenters. The summed E-state index contributed by atoms with van der Waals surface area (Å²) in [6.45, 7) is 13.2. The number of benzene rings is 5. The Morgan fingerprint density at radius 3 is 2.02 bits per heavy atom. The van der Waals surface area contributed by atoms with Gasteiger partial charge in [0.25, 0.3) is 0 Å². The van der Waals surface area contributed by atoms with E-state index in [1.165, 1.54) is 43.9 Å². The number of nitrogens with zero attached hydrogens (tertiary/aromatic N) is 4. The van der Waals surface area contributed by atoms with E-state index in [9.17, 15) is 0 Å². The number of pyridine rings is 1. The van der Waals surface area contributed by atoms with Crippen molar-refractivity contribution in [3.63, 3.8) is 0 Å². The van der Waals surface area contributed by atoms with Crippen LogP contribution in [0.4, 0.5) is 0 Å². The first-order chi connectivity index (χ1) is 25.5. The Hall–Kier alpha value is -6.52. The third kappa shape index (κ3) is 5.23. The zero-order chi connectivity index (χ0) is 35.3. The number of allylic oxidation sites excluding steroid dienone is 1. The molecule has 4 heterocycles. The average molecular weight is 671 g/mol. The highest BCUT2D eigenvalue weighted by Crippen LogP contribution is 2.35. The van der Waals surface area contributed by atoms with Gasteiger partial charge >= 0.3 is 0 Å². The Morgan fingerprint density at radius 1 is 0.615 bits per heavy atom. The van der Waals surface area contributed by atoms with Crippen molar-refractivity contribution >= 4 is 56.6 Å². The molecule has 1 atom stereocenters.